The van der Waals surface area contributed by atoms with E-state index in [-0.39, 0.29) is 16.8 Å². The molecule has 25 heavy (non-hydrogen) atoms. The normalized spacial score (nSPS) is 20.3. The van der Waals surface area contributed by atoms with Crippen molar-refractivity contribution in [1.29, 1.82) is 0 Å². The molecule has 0 bridgehead atoms. The number of nitrogens with one attached hydrogen (secondary N) is 2. The molecule has 0 radical (unpaired) electrons. The summed E-state index contributed by atoms with van der Waals surface area (Å²) in [7, 11) is -3.69. The molecule has 1 aliphatic rings. The number of oxazole rings is 1. The largest absolute Gasteiger partial charge is 0.449 e. The molecule has 1 fully saturated rings. The first-order valence-corrected chi connectivity index (χ1v) is 9.52. The molecule has 2 N–H and O–H groups in total. The molecule has 8 heteroatoms. The van der Waals surface area contributed by atoms with Crippen LogP contribution in [-0.4, -0.2) is 30.9 Å². The van der Waals surface area contributed by atoms with Crippen LogP contribution in [0.1, 0.15) is 32.6 Å². The van der Waals surface area contributed by atoms with E-state index in [0.29, 0.717) is 24.4 Å². The van der Waals surface area contributed by atoms with E-state index in [9.17, 15) is 13.2 Å². The molecule has 1 atom stereocenters. The van der Waals surface area contributed by atoms with Crippen LogP contribution in [0.4, 0.5) is 0 Å². The van der Waals surface area contributed by atoms with Gasteiger partial charge in [-0.05, 0) is 32.4 Å². The number of aromatic nitrogens is 1. The predicted octanol–water partition coefficient (Wildman–Crippen LogP) is 1.99. The SMILES string of the molecule is Cc1nc(-c2ccc(S(=O)(=O)NC3CCC(=O)NC3(C)C)cc2)co1. The van der Waals surface area contributed by atoms with Crippen molar-refractivity contribution in [2.45, 2.75) is 50.1 Å². The van der Waals surface area contributed by atoms with E-state index < -0.39 is 15.6 Å². The van der Waals surface area contributed by atoms with E-state index in [2.05, 4.69) is 15.0 Å². The third kappa shape index (κ3) is 3.74. The van der Waals surface area contributed by atoms with E-state index in [1.165, 1.54) is 18.4 Å². The van der Waals surface area contributed by atoms with E-state index in [1.54, 1.807) is 19.1 Å². The number of rotatable bonds is 4. The molecule has 1 unspecified atom stereocenters. The zero-order chi connectivity index (χ0) is 18.2. The quantitative estimate of drug-likeness (QED) is 0.865. The van der Waals surface area contributed by atoms with Crippen LogP contribution in [-0.2, 0) is 14.8 Å². The first kappa shape index (κ1) is 17.6. The van der Waals surface area contributed by atoms with Gasteiger partial charge in [0, 0.05) is 24.9 Å². The number of amides is 1. The lowest BCUT2D eigenvalue weighted by Gasteiger charge is -2.39. The van der Waals surface area contributed by atoms with E-state index >= 15 is 0 Å². The summed E-state index contributed by atoms with van der Waals surface area (Å²) in [4.78, 5) is 15.9. The minimum Gasteiger partial charge on any atom is -0.449 e. The van der Waals surface area contributed by atoms with Gasteiger partial charge in [-0.3, -0.25) is 4.79 Å². The number of piperidine rings is 1. The van der Waals surface area contributed by atoms with Gasteiger partial charge in [0.15, 0.2) is 5.89 Å². The number of sulfonamides is 1. The second kappa shape index (κ2) is 6.27. The van der Waals surface area contributed by atoms with E-state index in [0.717, 1.165) is 5.56 Å². The number of hydrogen-bond donors (Lipinski definition) is 2. The van der Waals surface area contributed by atoms with Crippen molar-refractivity contribution in [3.8, 4) is 11.3 Å². The van der Waals surface area contributed by atoms with Gasteiger partial charge in [-0.25, -0.2) is 18.1 Å². The van der Waals surface area contributed by atoms with E-state index in [4.69, 9.17) is 4.42 Å². The topological polar surface area (TPSA) is 101 Å². The average molecular weight is 363 g/mol. The van der Waals surface area contributed by atoms with Crippen LogP contribution in [0.2, 0.25) is 0 Å². The highest BCUT2D eigenvalue weighted by Crippen LogP contribution is 2.24. The number of carbonyl (C=O) groups excluding carboxylic acids is 1. The lowest BCUT2D eigenvalue weighted by molar-refractivity contribution is -0.125. The molecule has 0 aliphatic carbocycles. The van der Waals surface area contributed by atoms with Gasteiger partial charge in [-0.15, -0.1) is 0 Å². The van der Waals surface area contributed by atoms with Crippen LogP contribution in [0.25, 0.3) is 11.3 Å². The number of carbonyl (C=O) groups is 1. The zero-order valence-corrected chi connectivity index (χ0v) is 15.2. The van der Waals surface area contributed by atoms with Crippen LogP contribution in [0.3, 0.4) is 0 Å². The molecule has 1 amide bonds. The fraction of sp³-hybridized carbons (Fsp3) is 0.412. The van der Waals surface area contributed by atoms with Crippen molar-refractivity contribution in [2.75, 3.05) is 0 Å². The van der Waals surface area contributed by atoms with Crippen LogP contribution in [0.5, 0.6) is 0 Å². The lowest BCUT2D eigenvalue weighted by atomic mass is 9.88. The van der Waals surface area contributed by atoms with Crippen molar-refractivity contribution < 1.29 is 17.6 Å². The molecule has 7 nitrogen and oxygen atoms in total. The maximum absolute atomic E-state index is 12.7. The highest BCUT2D eigenvalue weighted by Gasteiger charge is 2.38. The van der Waals surface area contributed by atoms with Crippen molar-refractivity contribution in [2.24, 2.45) is 0 Å². The number of aryl methyl sites for hydroxylation is 1. The minimum atomic E-state index is -3.69. The molecule has 3 rings (SSSR count). The molecule has 1 aliphatic heterocycles. The predicted molar refractivity (Wildman–Crippen MR) is 92.2 cm³/mol. The zero-order valence-electron chi connectivity index (χ0n) is 14.4. The first-order chi connectivity index (χ1) is 11.7. The van der Waals surface area contributed by atoms with Gasteiger partial charge in [0.1, 0.15) is 12.0 Å². The molecule has 2 heterocycles. The van der Waals surface area contributed by atoms with Gasteiger partial charge >= 0.3 is 0 Å². The molecule has 0 saturated carbocycles. The van der Waals surface area contributed by atoms with Crippen LogP contribution in [0.15, 0.2) is 39.8 Å². The Bertz CT molecular complexity index is 885. The summed E-state index contributed by atoms with van der Waals surface area (Å²) in [5, 5.41) is 2.83. The summed E-state index contributed by atoms with van der Waals surface area (Å²) >= 11 is 0. The minimum absolute atomic E-state index is 0.0623. The second-order valence-electron chi connectivity index (χ2n) is 6.76. The third-order valence-electron chi connectivity index (χ3n) is 4.37. The van der Waals surface area contributed by atoms with Crippen LogP contribution in [0, 0.1) is 6.92 Å². The Morgan fingerprint density at radius 3 is 2.52 bits per heavy atom. The summed E-state index contributed by atoms with van der Waals surface area (Å²) < 4.78 is 33.2. The highest BCUT2D eigenvalue weighted by molar-refractivity contribution is 7.89. The van der Waals surface area contributed by atoms with Gasteiger partial charge in [0.05, 0.1) is 10.4 Å². The molecule has 1 saturated heterocycles. The van der Waals surface area contributed by atoms with Crippen LogP contribution < -0.4 is 10.0 Å². The Balaban J connectivity index is 1.79. The van der Waals surface area contributed by atoms with Crippen molar-refractivity contribution >= 4 is 15.9 Å². The summed E-state index contributed by atoms with van der Waals surface area (Å²) in [6.07, 6.45) is 2.31. The van der Waals surface area contributed by atoms with Gasteiger partial charge in [0.2, 0.25) is 15.9 Å². The number of benzene rings is 1. The molecular formula is C17H21N3O4S. The fourth-order valence-corrected chi connectivity index (χ4v) is 4.33. The summed E-state index contributed by atoms with van der Waals surface area (Å²) in [5.74, 6) is 0.489. The summed E-state index contributed by atoms with van der Waals surface area (Å²) in [6.45, 7) is 5.37. The van der Waals surface area contributed by atoms with Crippen molar-refractivity contribution in [3.63, 3.8) is 0 Å². The average Bonchev–Trinajstić information content (AvgIpc) is 2.96. The molecule has 1 aromatic carbocycles. The van der Waals surface area contributed by atoms with Crippen molar-refractivity contribution in [3.05, 3.63) is 36.4 Å². The smallest absolute Gasteiger partial charge is 0.240 e. The molecule has 0 spiro atoms. The highest BCUT2D eigenvalue weighted by atomic mass is 32.2. The Hall–Kier alpha value is -2.19. The molecule has 1 aromatic heterocycles. The molecule has 134 valence electrons. The third-order valence-corrected chi connectivity index (χ3v) is 5.86. The maximum Gasteiger partial charge on any atom is 0.240 e. The van der Waals surface area contributed by atoms with Crippen LogP contribution >= 0.6 is 0 Å². The monoisotopic (exact) mass is 363 g/mol. The first-order valence-electron chi connectivity index (χ1n) is 8.03. The lowest BCUT2D eigenvalue weighted by Crippen LogP contribution is -2.61. The fourth-order valence-electron chi connectivity index (χ4n) is 2.91. The van der Waals surface area contributed by atoms with E-state index in [1.807, 2.05) is 13.8 Å². The standard InChI is InChI=1S/C17H21N3O4S/c1-11-18-14(10-24-11)12-4-6-13(7-5-12)25(22,23)20-15-8-9-16(21)19-17(15,2)3/h4-7,10,15,20H,8-9H2,1-3H3,(H,19,21). The van der Waals surface area contributed by atoms with Gasteiger partial charge in [-0.2, -0.15) is 0 Å². The summed E-state index contributed by atoms with van der Waals surface area (Å²) in [6, 6.07) is 6.10. The van der Waals surface area contributed by atoms with Gasteiger partial charge < -0.3 is 9.73 Å². The number of hydrogen-bond acceptors (Lipinski definition) is 5. The van der Waals surface area contributed by atoms with Crippen molar-refractivity contribution in [1.82, 2.24) is 15.0 Å². The number of nitrogens with zero attached hydrogens (tertiary/aromatic N) is 1. The maximum atomic E-state index is 12.7. The Morgan fingerprint density at radius 2 is 1.96 bits per heavy atom. The Morgan fingerprint density at radius 1 is 1.28 bits per heavy atom. The second-order valence-corrected chi connectivity index (χ2v) is 8.47. The Labute approximate surface area is 146 Å². The molecular weight excluding hydrogens is 342 g/mol. The van der Waals surface area contributed by atoms with Gasteiger partial charge in [-0.1, -0.05) is 12.1 Å². The molecule has 2 aromatic rings. The summed E-state index contributed by atoms with van der Waals surface area (Å²) in [5.41, 5.74) is 0.798. The Kier molecular flexibility index (Phi) is 4.42. The van der Waals surface area contributed by atoms with Gasteiger partial charge in [0.25, 0.3) is 0 Å².